The molecule has 0 radical (unpaired) electrons. The Bertz CT molecular complexity index is 546. The lowest BCUT2D eigenvalue weighted by atomic mass is 9.88. The molecule has 0 aliphatic carbocycles. The topological polar surface area (TPSA) is 53.5 Å². The van der Waals surface area contributed by atoms with E-state index in [0.29, 0.717) is 11.5 Å². The average molecular weight is 301 g/mol. The van der Waals surface area contributed by atoms with E-state index in [1.807, 2.05) is 15.9 Å². The van der Waals surface area contributed by atoms with Gasteiger partial charge in [-0.1, -0.05) is 6.42 Å². The SMILES string of the molecule is CC(=O)N1CC[C@@H]2[C@H](CCCCN2C(=O)c2cccnc2)C1. The molecule has 5 heteroatoms. The van der Waals surface area contributed by atoms with E-state index in [-0.39, 0.29) is 17.9 Å². The highest BCUT2D eigenvalue weighted by atomic mass is 16.2. The molecule has 0 unspecified atom stereocenters. The Balaban J connectivity index is 1.79. The van der Waals surface area contributed by atoms with Crippen LogP contribution in [0.2, 0.25) is 0 Å². The summed E-state index contributed by atoms with van der Waals surface area (Å²) in [5.74, 6) is 0.634. The lowest BCUT2D eigenvalue weighted by molar-refractivity contribution is -0.131. The summed E-state index contributed by atoms with van der Waals surface area (Å²) < 4.78 is 0. The van der Waals surface area contributed by atoms with Gasteiger partial charge in [-0.05, 0) is 37.3 Å². The number of piperidine rings is 1. The van der Waals surface area contributed by atoms with Gasteiger partial charge in [-0.25, -0.2) is 0 Å². The molecular weight excluding hydrogens is 278 g/mol. The van der Waals surface area contributed by atoms with Crippen LogP contribution in [0.5, 0.6) is 0 Å². The van der Waals surface area contributed by atoms with Crippen LogP contribution in [0.4, 0.5) is 0 Å². The number of carbonyl (C=O) groups is 2. The Hall–Kier alpha value is -1.91. The Morgan fingerprint density at radius 2 is 2.09 bits per heavy atom. The number of amides is 2. The molecule has 2 atom stereocenters. The molecular formula is C17H23N3O2. The van der Waals surface area contributed by atoms with Gasteiger partial charge >= 0.3 is 0 Å². The van der Waals surface area contributed by atoms with Gasteiger partial charge < -0.3 is 9.80 Å². The molecule has 1 aromatic rings. The van der Waals surface area contributed by atoms with Crippen molar-refractivity contribution in [1.82, 2.24) is 14.8 Å². The van der Waals surface area contributed by atoms with Crippen LogP contribution < -0.4 is 0 Å². The molecule has 0 bridgehead atoms. The Labute approximate surface area is 131 Å². The molecule has 3 heterocycles. The average Bonchev–Trinajstić information content (AvgIpc) is 2.76. The second-order valence-corrected chi connectivity index (χ2v) is 6.32. The van der Waals surface area contributed by atoms with Crippen molar-refractivity contribution < 1.29 is 9.59 Å². The maximum absolute atomic E-state index is 12.8. The fourth-order valence-corrected chi connectivity index (χ4v) is 3.76. The minimum absolute atomic E-state index is 0.0845. The number of nitrogens with zero attached hydrogens (tertiary/aromatic N) is 3. The molecule has 2 aliphatic rings. The van der Waals surface area contributed by atoms with Crippen LogP contribution in [-0.2, 0) is 4.79 Å². The third kappa shape index (κ3) is 2.98. The molecule has 5 nitrogen and oxygen atoms in total. The van der Waals surface area contributed by atoms with Gasteiger partial charge in [-0.3, -0.25) is 14.6 Å². The van der Waals surface area contributed by atoms with Gasteiger partial charge in [0, 0.05) is 45.0 Å². The third-order valence-electron chi connectivity index (χ3n) is 4.93. The molecule has 2 fully saturated rings. The maximum Gasteiger partial charge on any atom is 0.255 e. The van der Waals surface area contributed by atoms with Gasteiger partial charge in [-0.15, -0.1) is 0 Å². The highest BCUT2D eigenvalue weighted by Gasteiger charge is 2.37. The standard InChI is InChI=1S/C17H23N3O2/c1-13(21)19-10-7-16-15(12-19)5-2-3-9-20(16)17(22)14-6-4-8-18-11-14/h4,6,8,11,15-16H,2-3,5,7,9-10,12H2,1H3/t15-,16-/m1/s1. The maximum atomic E-state index is 12.8. The van der Waals surface area contributed by atoms with Crippen molar-refractivity contribution in [3.63, 3.8) is 0 Å². The molecule has 2 amide bonds. The quantitative estimate of drug-likeness (QED) is 0.796. The van der Waals surface area contributed by atoms with Crippen molar-refractivity contribution in [3.05, 3.63) is 30.1 Å². The summed E-state index contributed by atoms with van der Waals surface area (Å²) in [5, 5.41) is 0. The Morgan fingerprint density at radius 1 is 1.23 bits per heavy atom. The fourth-order valence-electron chi connectivity index (χ4n) is 3.76. The monoisotopic (exact) mass is 301 g/mol. The number of carbonyl (C=O) groups excluding carboxylic acids is 2. The summed E-state index contributed by atoms with van der Waals surface area (Å²) in [4.78, 5) is 32.5. The van der Waals surface area contributed by atoms with Gasteiger partial charge in [0.1, 0.15) is 0 Å². The molecule has 0 aromatic carbocycles. The summed E-state index contributed by atoms with van der Waals surface area (Å²) in [5.41, 5.74) is 0.664. The summed E-state index contributed by atoms with van der Waals surface area (Å²) in [6, 6.07) is 3.90. The highest BCUT2D eigenvalue weighted by molar-refractivity contribution is 5.94. The lowest BCUT2D eigenvalue weighted by Crippen LogP contribution is -2.53. The van der Waals surface area contributed by atoms with E-state index < -0.39 is 0 Å². The van der Waals surface area contributed by atoms with Crippen molar-refractivity contribution in [1.29, 1.82) is 0 Å². The van der Waals surface area contributed by atoms with Gasteiger partial charge in [-0.2, -0.15) is 0 Å². The van der Waals surface area contributed by atoms with Gasteiger partial charge in [0.05, 0.1) is 5.56 Å². The van der Waals surface area contributed by atoms with E-state index in [1.165, 1.54) is 0 Å². The first-order valence-electron chi connectivity index (χ1n) is 8.13. The molecule has 0 spiro atoms. The van der Waals surface area contributed by atoms with Crippen molar-refractivity contribution in [2.45, 2.75) is 38.6 Å². The molecule has 3 rings (SSSR count). The van der Waals surface area contributed by atoms with Crippen LogP contribution in [0.15, 0.2) is 24.5 Å². The molecule has 2 aliphatic heterocycles. The first-order valence-corrected chi connectivity index (χ1v) is 8.13. The van der Waals surface area contributed by atoms with Crippen LogP contribution in [0.25, 0.3) is 0 Å². The van der Waals surface area contributed by atoms with Crippen LogP contribution >= 0.6 is 0 Å². The first kappa shape index (κ1) is 15.0. The van der Waals surface area contributed by atoms with E-state index in [9.17, 15) is 9.59 Å². The zero-order chi connectivity index (χ0) is 15.5. The second-order valence-electron chi connectivity index (χ2n) is 6.32. The predicted octanol–water partition coefficient (Wildman–Crippen LogP) is 1.94. The summed E-state index contributed by atoms with van der Waals surface area (Å²) in [6.45, 7) is 3.99. The van der Waals surface area contributed by atoms with Crippen LogP contribution in [0.1, 0.15) is 43.0 Å². The number of fused-ring (bicyclic) bond motifs is 1. The number of hydrogen-bond acceptors (Lipinski definition) is 3. The highest BCUT2D eigenvalue weighted by Crippen LogP contribution is 2.30. The number of hydrogen-bond donors (Lipinski definition) is 0. The molecule has 118 valence electrons. The van der Waals surface area contributed by atoms with Crippen LogP contribution in [0.3, 0.4) is 0 Å². The van der Waals surface area contributed by atoms with Gasteiger partial charge in [0.2, 0.25) is 5.91 Å². The summed E-state index contributed by atoms with van der Waals surface area (Å²) in [7, 11) is 0. The van der Waals surface area contributed by atoms with E-state index >= 15 is 0 Å². The smallest absolute Gasteiger partial charge is 0.255 e. The Kier molecular flexibility index (Phi) is 4.41. The van der Waals surface area contributed by atoms with E-state index in [1.54, 1.807) is 25.4 Å². The minimum Gasteiger partial charge on any atom is -0.343 e. The van der Waals surface area contributed by atoms with Crippen molar-refractivity contribution in [2.75, 3.05) is 19.6 Å². The van der Waals surface area contributed by atoms with Crippen molar-refractivity contribution in [2.24, 2.45) is 5.92 Å². The zero-order valence-electron chi connectivity index (χ0n) is 13.1. The van der Waals surface area contributed by atoms with Crippen molar-refractivity contribution >= 4 is 11.8 Å². The zero-order valence-corrected chi connectivity index (χ0v) is 13.1. The predicted molar refractivity (Wildman–Crippen MR) is 83.3 cm³/mol. The molecule has 22 heavy (non-hydrogen) atoms. The fraction of sp³-hybridized carbons (Fsp3) is 0.588. The largest absolute Gasteiger partial charge is 0.343 e. The van der Waals surface area contributed by atoms with Crippen LogP contribution in [-0.4, -0.2) is 52.3 Å². The first-order chi connectivity index (χ1) is 10.7. The number of rotatable bonds is 1. The Morgan fingerprint density at radius 3 is 2.82 bits per heavy atom. The lowest BCUT2D eigenvalue weighted by Gasteiger charge is -2.42. The second kappa shape index (κ2) is 6.46. The number of likely N-dealkylation sites (tertiary alicyclic amines) is 2. The molecule has 0 saturated carbocycles. The molecule has 0 N–H and O–H groups in total. The van der Waals surface area contributed by atoms with Crippen LogP contribution in [0, 0.1) is 5.92 Å². The molecule has 2 saturated heterocycles. The minimum atomic E-state index is 0.0845. The normalized spacial score (nSPS) is 25.3. The number of aromatic nitrogens is 1. The number of pyridine rings is 1. The summed E-state index contributed by atoms with van der Waals surface area (Å²) in [6.07, 6.45) is 7.49. The van der Waals surface area contributed by atoms with E-state index in [4.69, 9.17) is 0 Å². The van der Waals surface area contributed by atoms with E-state index in [2.05, 4.69) is 4.98 Å². The third-order valence-corrected chi connectivity index (χ3v) is 4.93. The van der Waals surface area contributed by atoms with E-state index in [0.717, 1.165) is 45.3 Å². The van der Waals surface area contributed by atoms with Gasteiger partial charge in [0.25, 0.3) is 5.91 Å². The molecule has 1 aromatic heterocycles. The summed E-state index contributed by atoms with van der Waals surface area (Å²) >= 11 is 0. The van der Waals surface area contributed by atoms with Crippen molar-refractivity contribution in [3.8, 4) is 0 Å². The van der Waals surface area contributed by atoms with Gasteiger partial charge in [0.15, 0.2) is 0 Å².